The number of nitrogens with zero attached hydrogens (tertiary/aromatic N) is 2. The number of oxazole rings is 1. The van der Waals surface area contributed by atoms with Crippen LogP contribution in [0.4, 0.5) is 0 Å². The topological polar surface area (TPSA) is 66.6 Å². The molecule has 2 aromatic rings. The predicted molar refractivity (Wildman–Crippen MR) is 73.0 cm³/mol. The highest BCUT2D eigenvalue weighted by Crippen LogP contribution is 2.24. The number of benzene rings is 1. The first-order chi connectivity index (χ1) is 9.70. The van der Waals surface area contributed by atoms with Gasteiger partial charge < -0.3 is 9.52 Å². The molecule has 5 nitrogen and oxygen atoms in total. The molecule has 1 saturated heterocycles. The predicted octanol–water partition coefficient (Wildman–Crippen LogP) is 2.25. The van der Waals surface area contributed by atoms with E-state index < -0.39 is 5.97 Å². The molecule has 2 heterocycles. The summed E-state index contributed by atoms with van der Waals surface area (Å²) in [5, 5.41) is 8.70. The van der Waals surface area contributed by atoms with E-state index in [4.69, 9.17) is 9.52 Å². The zero-order valence-electron chi connectivity index (χ0n) is 11.0. The lowest BCUT2D eigenvalue weighted by molar-refractivity contribution is -0.139. The lowest BCUT2D eigenvalue weighted by Gasteiger charge is -2.37. The molecule has 1 aliphatic rings. The molecule has 5 heteroatoms. The van der Waals surface area contributed by atoms with Gasteiger partial charge in [-0.15, -0.1) is 0 Å². The smallest absolute Gasteiger partial charge is 0.303 e. The zero-order chi connectivity index (χ0) is 13.9. The summed E-state index contributed by atoms with van der Waals surface area (Å²) >= 11 is 0. The van der Waals surface area contributed by atoms with Gasteiger partial charge in [0, 0.05) is 18.7 Å². The molecular formula is C15H16N2O3. The number of aromatic nitrogens is 1. The molecule has 1 aliphatic heterocycles. The van der Waals surface area contributed by atoms with Gasteiger partial charge in [-0.3, -0.25) is 9.69 Å². The molecule has 0 saturated carbocycles. The number of aliphatic carboxylic acids is 1. The van der Waals surface area contributed by atoms with Gasteiger partial charge in [-0.05, 0) is 5.92 Å². The molecule has 0 amide bonds. The van der Waals surface area contributed by atoms with Crippen LogP contribution in [-0.2, 0) is 11.3 Å². The molecule has 1 fully saturated rings. The Hall–Kier alpha value is -2.14. The number of carboxylic acid groups (broad SMARTS) is 1. The minimum atomic E-state index is -0.725. The minimum Gasteiger partial charge on any atom is -0.481 e. The van der Waals surface area contributed by atoms with Gasteiger partial charge in [0.1, 0.15) is 0 Å². The van der Waals surface area contributed by atoms with Crippen LogP contribution in [0.2, 0.25) is 0 Å². The van der Waals surface area contributed by atoms with E-state index in [9.17, 15) is 4.79 Å². The highest BCUT2D eigenvalue weighted by molar-refractivity contribution is 5.67. The maximum atomic E-state index is 10.6. The molecule has 1 aromatic heterocycles. The van der Waals surface area contributed by atoms with E-state index >= 15 is 0 Å². The van der Waals surface area contributed by atoms with E-state index in [1.807, 2.05) is 30.3 Å². The second-order valence-corrected chi connectivity index (χ2v) is 5.14. The molecular weight excluding hydrogens is 256 g/mol. The zero-order valence-corrected chi connectivity index (χ0v) is 11.0. The first-order valence-corrected chi connectivity index (χ1v) is 6.65. The number of likely N-dealkylation sites (tertiary alicyclic amines) is 1. The van der Waals surface area contributed by atoms with Crippen LogP contribution in [-0.4, -0.2) is 34.0 Å². The molecule has 1 N–H and O–H groups in total. The second kappa shape index (κ2) is 5.46. The van der Waals surface area contributed by atoms with Crippen molar-refractivity contribution in [2.45, 2.75) is 13.0 Å². The highest BCUT2D eigenvalue weighted by atomic mass is 16.4. The first kappa shape index (κ1) is 12.9. The number of carbonyl (C=O) groups is 1. The normalized spacial score (nSPS) is 16.0. The summed E-state index contributed by atoms with van der Waals surface area (Å²) in [6, 6.07) is 9.85. The van der Waals surface area contributed by atoms with E-state index in [1.54, 1.807) is 6.20 Å². The first-order valence-electron chi connectivity index (χ1n) is 6.65. The second-order valence-electron chi connectivity index (χ2n) is 5.14. The Balaban J connectivity index is 1.56. The fraction of sp³-hybridized carbons (Fsp3) is 0.333. The Bertz CT molecular complexity index is 588. The summed E-state index contributed by atoms with van der Waals surface area (Å²) in [7, 11) is 0. The van der Waals surface area contributed by atoms with Crippen molar-refractivity contribution in [2.24, 2.45) is 5.92 Å². The molecule has 0 aliphatic carbocycles. The molecule has 0 bridgehead atoms. The molecule has 3 rings (SSSR count). The third-order valence-corrected chi connectivity index (χ3v) is 3.47. The standard InChI is InChI=1S/C15H16N2O3/c18-15(19)6-11-8-17(9-11)10-14-16-7-13(20-14)12-4-2-1-3-5-12/h1-5,7,11H,6,8-10H2,(H,18,19). The Morgan fingerprint density at radius 3 is 2.80 bits per heavy atom. The maximum absolute atomic E-state index is 10.6. The van der Waals surface area contributed by atoms with Crippen molar-refractivity contribution < 1.29 is 14.3 Å². The van der Waals surface area contributed by atoms with Gasteiger partial charge >= 0.3 is 5.97 Å². The number of rotatable bonds is 5. The Morgan fingerprint density at radius 2 is 2.10 bits per heavy atom. The van der Waals surface area contributed by atoms with Crippen LogP contribution >= 0.6 is 0 Å². The van der Waals surface area contributed by atoms with Crippen molar-refractivity contribution in [3.63, 3.8) is 0 Å². The van der Waals surface area contributed by atoms with E-state index in [0.717, 1.165) is 24.4 Å². The van der Waals surface area contributed by atoms with Crippen molar-refractivity contribution in [3.05, 3.63) is 42.4 Å². The number of carboxylic acids is 1. The van der Waals surface area contributed by atoms with Gasteiger partial charge in [0.15, 0.2) is 5.76 Å². The van der Waals surface area contributed by atoms with Crippen LogP contribution in [0.3, 0.4) is 0 Å². The third kappa shape index (κ3) is 2.88. The Morgan fingerprint density at radius 1 is 1.35 bits per heavy atom. The fourth-order valence-corrected chi connectivity index (χ4v) is 2.49. The molecule has 0 radical (unpaired) electrons. The molecule has 20 heavy (non-hydrogen) atoms. The van der Waals surface area contributed by atoms with Gasteiger partial charge in [0.2, 0.25) is 5.89 Å². The quantitative estimate of drug-likeness (QED) is 0.904. The lowest BCUT2D eigenvalue weighted by Crippen LogP contribution is -2.46. The van der Waals surface area contributed by atoms with Gasteiger partial charge in [0.25, 0.3) is 0 Å². The van der Waals surface area contributed by atoms with E-state index in [2.05, 4.69) is 9.88 Å². The average molecular weight is 272 g/mol. The Kier molecular flexibility index (Phi) is 3.52. The molecule has 1 aromatic carbocycles. The largest absolute Gasteiger partial charge is 0.481 e. The van der Waals surface area contributed by atoms with Gasteiger partial charge in [-0.2, -0.15) is 0 Å². The highest BCUT2D eigenvalue weighted by Gasteiger charge is 2.29. The fourth-order valence-electron chi connectivity index (χ4n) is 2.49. The lowest BCUT2D eigenvalue weighted by atomic mass is 9.97. The summed E-state index contributed by atoms with van der Waals surface area (Å²) in [5.74, 6) is 0.981. The van der Waals surface area contributed by atoms with Crippen LogP contribution in [0.5, 0.6) is 0 Å². The van der Waals surface area contributed by atoms with Crippen molar-refractivity contribution in [1.82, 2.24) is 9.88 Å². The SMILES string of the molecule is O=C(O)CC1CN(Cc2ncc(-c3ccccc3)o2)C1. The Labute approximate surface area is 116 Å². The van der Waals surface area contributed by atoms with Crippen LogP contribution < -0.4 is 0 Å². The third-order valence-electron chi connectivity index (χ3n) is 3.47. The van der Waals surface area contributed by atoms with Crippen LogP contribution in [0, 0.1) is 5.92 Å². The number of hydrogen-bond acceptors (Lipinski definition) is 4. The molecule has 0 spiro atoms. The van der Waals surface area contributed by atoms with E-state index in [1.165, 1.54) is 0 Å². The van der Waals surface area contributed by atoms with E-state index in [0.29, 0.717) is 12.4 Å². The van der Waals surface area contributed by atoms with E-state index in [-0.39, 0.29) is 12.3 Å². The van der Waals surface area contributed by atoms with Crippen molar-refractivity contribution in [1.29, 1.82) is 0 Å². The van der Waals surface area contributed by atoms with Crippen LogP contribution in [0.1, 0.15) is 12.3 Å². The molecule has 0 atom stereocenters. The summed E-state index contributed by atoms with van der Waals surface area (Å²) in [6.07, 6.45) is 1.98. The average Bonchev–Trinajstić information content (AvgIpc) is 2.85. The van der Waals surface area contributed by atoms with Gasteiger partial charge in [-0.25, -0.2) is 4.98 Å². The summed E-state index contributed by atoms with van der Waals surface area (Å²) in [5.41, 5.74) is 1.01. The van der Waals surface area contributed by atoms with Gasteiger partial charge in [-0.1, -0.05) is 30.3 Å². The molecule has 104 valence electrons. The van der Waals surface area contributed by atoms with Crippen molar-refractivity contribution >= 4 is 5.97 Å². The minimum absolute atomic E-state index is 0.247. The summed E-state index contributed by atoms with van der Waals surface area (Å²) in [6.45, 7) is 2.24. The van der Waals surface area contributed by atoms with Gasteiger partial charge in [0.05, 0.1) is 19.2 Å². The van der Waals surface area contributed by atoms with Crippen LogP contribution in [0.15, 0.2) is 40.9 Å². The van der Waals surface area contributed by atoms with Crippen LogP contribution in [0.25, 0.3) is 11.3 Å². The maximum Gasteiger partial charge on any atom is 0.303 e. The van der Waals surface area contributed by atoms with Crippen molar-refractivity contribution in [2.75, 3.05) is 13.1 Å². The number of hydrogen-bond donors (Lipinski definition) is 1. The molecule has 0 unspecified atom stereocenters. The van der Waals surface area contributed by atoms with Crippen molar-refractivity contribution in [3.8, 4) is 11.3 Å². The monoisotopic (exact) mass is 272 g/mol. The summed E-state index contributed by atoms with van der Waals surface area (Å²) in [4.78, 5) is 17.0. The summed E-state index contributed by atoms with van der Waals surface area (Å²) < 4.78 is 5.72.